The maximum Gasteiger partial charge on any atom is 0.190 e. The first-order chi connectivity index (χ1) is 8.02. The molecule has 0 heterocycles. The highest BCUT2D eigenvalue weighted by Gasteiger charge is 2.17. The summed E-state index contributed by atoms with van der Waals surface area (Å²) >= 11 is 17.5. The second kappa shape index (κ2) is 6.29. The highest BCUT2D eigenvalue weighted by molar-refractivity contribution is 6.45. The quantitative estimate of drug-likeness (QED) is 0.458. The monoisotopic (exact) mass is 292 g/mol. The van der Waals surface area contributed by atoms with E-state index in [9.17, 15) is 4.79 Å². The van der Waals surface area contributed by atoms with Gasteiger partial charge in [0.25, 0.3) is 0 Å². The highest BCUT2D eigenvalue weighted by atomic mass is 35.5. The van der Waals surface area contributed by atoms with E-state index in [1.807, 2.05) is 0 Å². The van der Waals surface area contributed by atoms with E-state index in [-0.39, 0.29) is 15.8 Å². The molecule has 0 bridgehead atoms. The van der Waals surface area contributed by atoms with Crippen molar-refractivity contribution in [1.82, 2.24) is 0 Å². The van der Waals surface area contributed by atoms with E-state index in [0.29, 0.717) is 29.2 Å². The average Bonchev–Trinajstić information content (AvgIpc) is 2.32. The first kappa shape index (κ1) is 14.4. The Labute approximate surface area is 115 Å². The van der Waals surface area contributed by atoms with E-state index >= 15 is 0 Å². The third kappa shape index (κ3) is 3.15. The molecular formula is C12H11Cl3O2. The molecule has 0 aromatic heterocycles. The SMILES string of the molecule is C=C(CCCl)C(=O)c1ccc(OC)c(Cl)c1Cl. The van der Waals surface area contributed by atoms with Crippen LogP contribution >= 0.6 is 34.8 Å². The molecule has 0 radical (unpaired) electrons. The van der Waals surface area contributed by atoms with Crippen LogP contribution < -0.4 is 4.74 Å². The normalized spacial score (nSPS) is 10.1. The molecule has 0 spiro atoms. The highest BCUT2D eigenvalue weighted by Crippen LogP contribution is 2.35. The van der Waals surface area contributed by atoms with Crippen LogP contribution in [0.1, 0.15) is 16.8 Å². The van der Waals surface area contributed by atoms with E-state index in [2.05, 4.69) is 6.58 Å². The lowest BCUT2D eigenvalue weighted by Crippen LogP contribution is -2.04. The van der Waals surface area contributed by atoms with E-state index in [1.165, 1.54) is 7.11 Å². The zero-order chi connectivity index (χ0) is 13.0. The summed E-state index contributed by atoms with van der Waals surface area (Å²) in [7, 11) is 1.48. The Balaban J connectivity index is 3.12. The van der Waals surface area contributed by atoms with E-state index in [4.69, 9.17) is 39.5 Å². The predicted octanol–water partition coefficient (Wildman–Crippen LogP) is 4.37. The number of carbonyl (C=O) groups excluding carboxylic acids is 1. The van der Waals surface area contributed by atoms with Crippen molar-refractivity contribution in [3.63, 3.8) is 0 Å². The van der Waals surface area contributed by atoms with E-state index < -0.39 is 0 Å². The van der Waals surface area contributed by atoms with Crippen LogP contribution in [0.25, 0.3) is 0 Å². The Morgan fingerprint density at radius 3 is 2.53 bits per heavy atom. The van der Waals surface area contributed by atoms with Crippen LogP contribution in [0.15, 0.2) is 24.3 Å². The Kier molecular flexibility index (Phi) is 5.31. The van der Waals surface area contributed by atoms with E-state index in [1.54, 1.807) is 12.1 Å². The molecule has 0 aliphatic rings. The van der Waals surface area contributed by atoms with Crippen LogP contribution in [0.2, 0.25) is 10.0 Å². The molecule has 92 valence electrons. The second-order valence-corrected chi connectivity index (χ2v) is 4.45. The number of hydrogen-bond acceptors (Lipinski definition) is 2. The van der Waals surface area contributed by atoms with Gasteiger partial charge in [-0.3, -0.25) is 4.79 Å². The number of benzene rings is 1. The van der Waals surface area contributed by atoms with Crippen molar-refractivity contribution >= 4 is 40.6 Å². The minimum Gasteiger partial charge on any atom is -0.495 e. The minimum atomic E-state index is -0.250. The van der Waals surface area contributed by atoms with Crippen molar-refractivity contribution in [3.05, 3.63) is 39.9 Å². The predicted molar refractivity (Wildman–Crippen MR) is 71.8 cm³/mol. The summed E-state index contributed by atoms with van der Waals surface area (Å²) in [4.78, 5) is 12.0. The van der Waals surface area contributed by atoms with Gasteiger partial charge in [-0.2, -0.15) is 0 Å². The Morgan fingerprint density at radius 1 is 1.35 bits per heavy atom. The third-order valence-electron chi connectivity index (χ3n) is 2.23. The molecule has 1 rings (SSSR count). The van der Waals surface area contributed by atoms with E-state index in [0.717, 1.165) is 0 Å². The summed E-state index contributed by atoms with van der Waals surface area (Å²) in [5.41, 5.74) is 0.718. The zero-order valence-electron chi connectivity index (χ0n) is 9.23. The van der Waals surface area contributed by atoms with Gasteiger partial charge in [-0.1, -0.05) is 29.8 Å². The first-order valence-corrected chi connectivity index (χ1v) is 6.12. The second-order valence-electron chi connectivity index (χ2n) is 3.32. The van der Waals surface area contributed by atoms with Gasteiger partial charge in [0.15, 0.2) is 5.78 Å². The van der Waals surface area contributed by atoms with Crippen molar-refractivity contribution in [2.24, 2.45) is 0 Å². The molecule has 5 heteroatoms. The number of Topliss-reactive ketones (excluding diaryl/α,β-unsaturated/α-hetero) is 1. The van der Waals surface area contributed by atoms with Crippen molar-refractivity contribution in [2.45, 2.75) is 6.42 Å². The first-order valence-electron chi connectivity index (χ1n) is 4.83. The number of ether oxygens (including phenoxy) is 1. The average molecular weight is 294 g/mol. The van der Waals surface area contributed by atoms with Crippen LogP contribution in [-0.4, -0.2) is 18.8 Å². The van der Waals surface area contributed by atoms with Gasteiger partial charge < -0.3 is 4.74 Å². The summed E-state index contributed by atoms with van der Waals surface area (Å²) < 4.78 is 5.00. The molecule has 0 N–H and O–H groups in total. The Bertz CT molecular complexity index is 455. The molecule has 0 fully saturated rings. The Morgan fingerprint density at radius 2 is 2.00 bits per heavy atom. The fraction of sp³-hybridized carbons (Fsp3) is 0.250. The zero-order valence-corrected chi connectivity index (χ0v) is 11.5. The van der Waals surface area contributed by atoms with Gasteiger partial charge >= 0.3 is 0 Å². The van der Waals surface area contributed by atoms with Gasteiger partial charge in [-0.05, 0) is 24.1 Å². The smallest absolute Gasteiger partial charge is 0.190 e. The molecular weight excluding hydrogens is 282 g/mol. The van der Waals surface area contributed by atoms with Crippen molar-refractivity contribution in [3.8, 4) is 5.75 Å². The van der Waals surface area contributed by atoms with Crippen LogP contribution in [0.5, 0.6) is 5.75 Å². The number of alkyl halides is 1. The summed E-state index contributed by atoms with van der Waals surface area (Å²) in [6, 6.07) is 3.16. The third-order valence-corrected chi connectivity index (χ3v) is 3.28. The fourth-order valence-corrected chi connectivity index (χ4v) is 1.99. The molecule has 0 amide bonds. The maximum absolute atomic E-state index is 12.0. The van der Waals surface area contributed by atoms with Gasteiger partial charge in [-0.15, -0.1) is 11.6 Å². The summed E-state index contributed by atoms with van der Waals surface area (Å²) in [6.45, 7) is 3.67. The number of methoxy groups -OCH3 is 1. The number of carbonyl (C=O) groups is 1. The lowest BCUT2D eigenvalue weighted by atomic mass is 10.0. The van der Waals surface area contributed by atoms with Gasteiger partial charge in [-0.25, -0.2) is 0 Å². The topological polar surface area (TPSA) is 26.3 Å². The van der Waals surface area contributed by atoms with Crippen LogP contribution in [0.4, 0.5) is 0 Å². The molecule has 1 aromatic carbocycles. The molecule has 0 aliphatic carbocycles. The van der Waals surface area contributed by atoms with Crippen LogP contribution in [0, 0.1) is 0 Å². The molecule has 2 nitrogen and oxygen atoms in total. The van der Waals surface area contributed by atoms with Gasteiger partial charge in [0.2, 0.25) is 0 Å². The summed E-state index contributed by atoms with van der Waals surface area (Å²) in [6.07, 6.45) is 0.417. The number of ketones is 1. The number of rotatable bonds is 5. The standard InChI is InChI=1S/C12H11Cl3O2/c1-7(5-6-13)12(16)8-3-4-9(17-2)11(15)10(8)14/h3-4H,1,5-6H2,2H3. The Hall–Kier alpha value is -0.700. The van der Waals surface area contributed by atoms with Crippen molar-refractivity contribution in [1.29, 1.82) is 0 Å². The van der Waals surface area contributed by atoms with Gasteiger partial charge in [0.05, 0.1) is 12.1 Å². The van der Waals surface area contributed by atoms with Crippen molar-refractivity contribution in [2.75, 3.05) is 13.0 Å². The number of allylic oxidation sites excluding steroid dienone is 1. The van der Waals surface area contributed by atoms with Crippen LogP contribution in [0.3, 0.4) is 0 Å². The molecule has 0 atom stereocenters. The molecule has 0 saturated carbocycles. The number of halogens is 3. The van der Waals surface area contributed by atoms with Crippen LogP contribution in [-0.2, 0) is 0 Å². The van der Waals surface area contributed by atoms with Gasteiger partial charge in [0, 0.05) is 11.4 Å². The lowest BCUT2D eigenvalue weighted by molar-refractivity contribution is 0.103. The molecule has 1 aromatic rings. The summed E-state index contributed by atoms with van der Waals surface area (Å²) in [5, 5.41) is 0.394. The summed E-state index contributed by atoms with van der Waals surface area (Å²) in [5.74, 6) is 0.517. The minimum absolute atomic E-state index is 0.173. The largest absolute Gasteiger partial charge is 0.495 e. The van der Waals surface area contributed by atoms with Crippen molar-refractivity contribution < 1.29 is 9.53 Å². The molecule has 0 aliphatic heterocycles. The molecule has 17 heavy (non-hydrogen) atoms. The molecule has 0 saturated heterocycles. The fourth-order valence-electron chi connectivity index (χ4n) is 1.28. The number of hydrogen-bond donors (Lipinski definition) is 0. The molecule has 0 unspecified atom stereocenters. The lowest BCUT2D eigenvalue weighted by Gasteiger charge is -2.09. The maximum atomic E-state index is 12.0. The van der Waals surface area contributed by atoms with Gasteiger partial charge in [0.1, 0.15) is 10.8 Å².